The molecule has 1 aliphatic heterocycles. The predicted octanol–water partition coefficient (Wildman–Crippen LogP) is 3.84. The molecule has 0 saturated heterocycles. The highest BCUT2D eigenvalue weighted by Gasteiger charge is 2.24. The van der Waals surface area contributed by atoms with E-state index in [0.29, 0.717) is 18.6 Å². The molecule has 1 heterocycles. The molecule has 3 atom stereocenters. The number of para-hydroxylation sites is 2. The van der Waals surface area contributed by atoms with Crippen LogP contribution < -0.4 is 14.8 Å². The fraction of sp³-hybridized carbons (Fsp3) is 0.455. The van der Waals surface area contributed by atoms with Crippen molar-refractivity contribution >= 4 is 0 Å². The first kappa shape index (κ1) is 17.4. The van der Waals surface area contributed by atoms with Crippen LogP contribution in [0.25, 0.3) is 0 Å². The molecule has 0 spiro atoms. The average Bonchev–Trinajstić information content (AvgIpc) is 2.72. The van der Waals surface area contributed by atoms with E-state index in [4.69, 9.17) is 9.47 Å². The molecule has 4 rings (SSSR count). The first-order valence-electron chi connectivity index (χ1n) is 9.65. The van der Waals surface area contributed by atoms with Gasteiger partial charge >= 0.3 is 0 Å². The molecule has 0 aromatic heterocycles. The Morgan fingerprint density at radius 2 is 1.73 bits per heavy atom. The van der Waals surface area contributed by atoms with Crippen LogP contribution in [0.1, 0.15) is 42.9 Å². The second kappa shape index (κ2) is 8.11. The van der Waals surface area contributed by atoms with E-state index in [1.807, 2.05) is 24.3 Å². The minimum atomic E-state index is -0.0657. The van der Waals surface area contributed by atoms with Gasteiger partial charge in [-0.1, -0.05) is 49.2 Å². The number of ether oxygens (including phenoxy) is 2. The van der Waals surface area contributed by atoms with Gasteiger partial charge in [-0.05, 0) is 42.0 Å². The lowest BCUT2D eigenvalue weighted by Crippen LogP contribution is -2.39. The Balaban J connectivity index is 1.35. The van der Waals surface area contributed by atoms with E-state index < -0.39 is 0 Å². The molecule has 1 saturated carbocycles. The number of hydrogen-bond acceptors (Lipinski definition) is 4. The fourth-order valence-electron chi connectivity index (χ4n) is 3.98. The minimum Gasteiger partial charge on any atom is -0.485 e. The molecule has 0 amide bonds. The maximum atomic E-state index is 9.54. The molecule has 4 heteroatoms. The van der Waals surface area contributed by atoms with Crippen LogP contribution in [0.3, 0.4) is 0 Å². The van der Waals surface area contributed by atoms with Crippen LogP contribution in [0.15, 0.2) is 48.5 Å². The lowest BCUT2D eigenvalue weighted by Gasteiger charge is -2.31. The van der Waals surface area contributed by atoms with Crippen LogP contribution in [0.5, 0.6) is 11.5 Å². The van der Waals surface area contributed by atoms with Crippen molar-refractivity contribution in [3.63, 3.8) is 0 Å². The summed E-state index contributed by atoms with van der Waals surface area (Å²) in [7, 11) is 0. The zero-order valence-corrected chi connectivity index (χ0v) is 15.1. The van der Waals surface area contributed by atoms with E-state index in [9.17, 15) is 5.11 Å². The van der Waals surface area contributed by atoms with Crippen molar-refractivity contribution in [1.82, 2.24) is 5.32 Å². The van der Waals surface area contributed by atoms with E-state index in [2.05, 4.69) is 29.6 Å². The van der Waals surface area contributed by atoms with Gasteiger partial charge in [-0.25, -0.2) is 0 Å². The third kappa shape index (κ3) is 3.87. The van der Waals surface area contributed by atoms with Gasteiger partial charge < -0.3 is 19.9 Å². The minimum absolute atomic E-state index is 0.0657. The van der Waals surface area contributed by atoms with Crippen LogP contribution in [-0.4, -0.2) is 24.4 Å². The second-order valence-corrected chi connectivity index (χ2v) is 7.32. The standard InChI is InChI=1S/C22H27NO3/c24-14-18-5-1-2-6-19(18)23-13-16-9-11-17(12-10-16)22-15-25-20-7-3-4-8-21(20)26-22/h3-4,7-12,18-19,22-24H,1-2,5-6,13-15H2/t18-,19+,22+/m0/s1. The zero-order valence-electron chi connectivity index (χ0n) is 15.1. The van der Waals surface area contributed by atoms with Crippen LogP contribution in [-0.2, 0) is 6.54 Å². The molecule has 0 radical (unpaired) electrons. The molecular weight excluding hydrogens is 326 g/mol. The van der Waals surface area contributed by atoms with E-state index in [-0.39, 0.29) is 12.7 Å². The molecule has 26 heavy (non-hydrogen) atoms. The molecule has 1 aliphatic carbocycles. The van der Waals surface area contributed by atoms with Crippen molar-refractivity contribution in [1.29, 1.82) is 0 Å². The van der Waals surface area contributed by atoms with Gasteiger partial charge in [0.15, 0.2) is 17.6 Å². The highest BCUT2D eigenvalue weighted by Crippen LogP contribution is 2.35. The predicted molar refractivity (Wildman–Crippen MR) is 101 cm³/mol. The van der Waals surface area contributed by atoms with Gasteiger partial charge in [0.05, 0.1) is 0 Å². The number of benzene rings is 2. The van der Waals surface area contributed by atoms with Gasteiger partial charge in [0.1, 0.15) is 6.61 Å². The van der Waals surface area contributed by atoms with Crippen LogP contribution in [0.2, 0.25) is 0 Å². The molecule has 138 valence electrons. The van der Waals surface area contributed by atoms with Crippen molar-refractivity contribution in [3.8, 4) is 11.5 Å². The highest BCUT2D eigenvalue weighted by atomic mass is 16.6. The summed E-state index contributed by atoms with van der Waals surface area (Å²) in [6, 6.07) is 16.8. The third-order valence-corrected chi connectivity index (χ3v) is 5.57. The van der Waals surface area contributed by atoms with Crippen LogP contribution in [0, 0.1) is 5.92 Å². The van der Waals surface area contributed by atoms with Crippen molar-refractivity contribution in [2.75, 3.05) is 13.2 Å². The first-order valence-corrected chi connectivity index (χ1v) is 9.65. The summed E-state index contributed by atoms with van der Waals surface area (Å²) in [4.78, 5) is 0. The lowest BCUT2D eigenvalue weighted by atomic mass is 9.85. The molecule has 2 aromatic rings. The Labute approximate surface area is 155 Å². The number of fused-ring (bicyclic) bond motifs is 1. The van der Waals surface area contributed by atoms with Gasteiger partial charge in [-0.3, -0.25) is 0 Å². The Morgan fingerprint density at radius 3 is 2.54 bits per heavy atom. The summed E-state index contributed by atoms with van der Waals surface area (Å²) in [6.45, 7) is 1.66. The van der Waals surface area contributed by atoms with Crippen LogP contribution in [0.4, 0.5) is 0 Å². The third-order valence-electron chi connectivity index (χ3n) is 5.57. The summed E-state index contributed by atoms with van der Waals surface area (Å²) >= 11 is 0. The number of rotatable bonds is 5. The average molecular weight is 353 g/mol. The molecule has 0 unspecified atom stereocenters. The molecule has 2 N–H and O–H groups in total. The topological polar surface area (TPSA) is 50.7 Å². The molecule has 1 fully saturated rings. The summed E-state index contributed by atoms with van der Waals surface area (Å²) in [5, 5.41) is 13.2. The Kier molecular flexibility index (Phi) is 5.42. The number of aliphatic hydroxyl groups excluding tert-OH is 1. The van der Waals surface area contributed by atoms with Gasteiger partial charge in [0.2, 0.25) is 0 Å². The number of hydrogen-bond donors (Lipinski definition) is 2. The summed E-state index contributed by atoms with van der Waals surface area (Å²) in [6.07, 6.45) is 4.73. The SMILES string of the molecule is OC[C@@H]1CCCC[C@H]1NCc1ccc([C@H]2COc3ccccc3O2)cc1. The highest BCUT2D eigenvalue weighted by molar-refractivity contribution is 5.41. The zero-order chi connectivity index (χ0) is 17.8. The van der Waals surface area contributed by atoms with E-state index in [1.54, 1.807) is 0 Å². The number of nitrogens with one attached hydrogen (secondary N) is 1. The van der Waals surface area contributed by atoms with Gasteiger partial charge in [-0.2, -0.15) is 0 Å². The Hall–Kier alpha value is -2.04. The Bertz CT molecular complexity index is 716. The summed E-state index contributed by atoms with van der Waals surface area (Å²) in [5.74, 6) is 2.02. The van der Waals surface area contributed by atoms with Crippen molar-refractivity contribution < 1.29 is 14.6 Å². The maximum Gasteiger partial charge on any atom is 0.162 e. The van der Waals surface area contributed by atoms with E-state index in [1.165, 1.54) is 18.4 Å². The quantitative estimate of drug-likeness (QED) is 0.857. The molecule has 2 aliphatic rings. The monoisotopic (exact) mass is 353 g/mol. The smallest absolute Gasteiger partial charge is 0.162 e. The first-order chi connectivity index (χ1) is 12.8. The largest absolute Gasteiger partial charge is 0.485 e. The normalized spacial score (nSPS) is 25.0. The molecular formula is C22H27NO3. The second-order valence-electron chi connectivity index (χ2n) is 7.32. The van der Waals surface area contributed by atoms with Gasteiger partial charge in [0, 0.05) is 19.2 Å². The lowest BCUT2D eigenvalue weighted by molar-refractivity contribution is 0.0913. The molecule has 2 aromatic carbocycles. The summed E-state index contributed by atoms with van der Waals surface area (Å²) in [5.41, 5.74) is 2.39. The molecule has 4 nitrogen and oxygen atoms in total. The van der Waals surface area contributed by atoms with Crippen molar-refractivity contribution in [3.05, 3.63) is 59.7 Å². The Morgan fingerprint density at radius 1 is 0.962 bits per heavy atom. The van der Waals surface area contributed by atoms with Crippen molar-refractivity contribution in [2.24, 2.45) is 5.92 Å². The van der Waals surface area contributed by atoms with Gasteiger partial charge in [0.25, 0.3) is 0 Å². The fourth-order valence-corrected chi connectivity index (χ4v) is 3.98. The van der Waals surface area contributed by atoms with E-state index in [0.717, 1.165) is 36.4 Å². The van der Waals surface area contributed by atoms with Gasteiger partial charge in [-0.15, -0.1) is 0 Å². The summed E-state index contributed by atoms with van der Waals surface area (Å²) < 4.78 is 11.9. The van der Waals surface area contributed by atoms with E-state index >= 15 is 0 Å². The molecule has 0 bridgehead atoms. The maximum absolute atomic E-state index is 9.54. The van der Waals surface area contributed by atoms with Crippen molar-refractivity contribution in [2.45, 2.75) is 44.4 Å². The number of aliphatic hydroxyl groups is 1. The van der Waals surface area contributed by atoms with Crippen LogP contribution >= 0.6 is 0 Å².